The number of carbonyl (C=O) groups is 2. The number of hydrogen-bond acceptors (Lipinski definition) is 4. The summed E-state index contributed by atoms with van der Waals surface area (Å²) in [5, 5.41) is 2.89. The average molecular weight is 379 g/mol. The van der Waals surface area contributed by atoms with Gasteiger partial charge in [0.1, 0.15) is 12.0 Å². The molecule has 8 heteroatoms. The maximum atomic E-state index is 12.4. The zero-order chi connectivity index (χ0) is 17.8. The van der Waals surface area contributed by atoms with Crippen LogP contribution in [0.2, 0.25) is 0 Å². The lowest BCUT2D eigenvalue weighted by Gasteiger charge is -2.34. The lowest BCUT2D eigenvalue weighted by molar-refractivity contribution is 0.0671. The molecule has 3 amide bonds. The second-order valence-electron chi connectivity index (χ2n) is 6.08. The van der Waals surface area contributed by atoms with E-state index in [0.29, 0.717) is 37.5 Å². The molecule has 1 fully saturated rings. The molecule has 1 aliphatic rings. The maximum Gasteiger partial charge on any atom is 0.321 e. The summed E-state index contributed by atoms with van der Waals surface area (Å²) < 4.78 is 5.21. The van der Waals surface area contributed by atoms with Crippen molar-refractivity contribution in [3.63, 3.8) is 0 Å². The van der Waals surface area contributed by atoms with Crippen molar-refractivity contribution in [2.24, 2.45) is 5.73 Å². The number of hydrogen-bond donors (Lipinski definition) is 2. The van der Waals surface area contributed by atoms with Crippen LogP contribution in [0, 0.1) is 6.92 Å². The van der Waals surface area contributed by atoms with Gasteiger partial charge in [0.15, 0.2) is 0 Å². The molecule has 1 aromatic heterocycles. The van der Waals surface area contributed by atoms with Crippen LogP contribution in [0.3, 0.4) is 0 Å². The first kappa shape index (κ1) is 19.8. The van der Waals surface area contributed by atoms with Gasteiger partial charge in [0, 0.05) is 31.9 Å². The third kappa shape index (κ3) is 4.56. The third-order valence-electron chi connectivity index (χ3n) is 4.23. The number of piperazine rings is 1. The average Bonchev–Trinajstić information content (AvgIpc) is 3.10. The van der Waals surface area contributed by atoms with E-state index in [0.717, 1.165) is 11.3 Å². The van der Waals surface area contributed by atoms with E-state index in [4.69, 9.17) is 10.2 Å². The lowest BCUT2D eigenvalue weighted by Crippen LogP contribution is -2.51. The van der Waals surface area contributed by atoms with Gasteiger partial charge in [0.05, 0.1) is 12.1 Å². The van der Waals surface area contributed by atoms with E-state index < -0.39 is 0 Å². The fraction of sp³-hybridized carbons (Fsp3) is 0.333. The number of carbonyl (C=O) groups excluding carboxylic acids is 2. The highest BCUT2D eigenvalue weighted by Crippen LogP contribution is 2.14. The number of nitrogens with zero attached hydrogens (tertiary/aromatic N) is 2. The molecule has 0 bridgehead atoms. The van der Waals surface area contributed by atoms with Gasteiger partial charge < -0.3 is 25.3 Å². The molecular weight excluding hydrogens is 356 g/mol. The van der Waals surface area contributed by atoms with Crippen LogP contribution in [0.25, 0.3) is 0 Å². The quantitative estimate of drug-likeness (QED) is 0.858. The van der Waals surface area contributed by atoms with Crippen LogP contribution in [0.15, 0.2) is 41.0 Å². The van der Waals surface area contributed by atoms with E-state index in [-0.39, 0.29) is 30.9 Å². The van der Waals surface area contributed by atoms with Gasteiger partial charge in [-0.25, -0.2) is 4.79 Å². The monoisotopic (exact) mass is 378 g/mol. The number of rotatable bonds is 3. The SMILES string of the molecule is Cc1cccc(NC(=O)N2CCN(C(=O)c3coc(CN)c3)CC2)c1.Cl. The van der Waals surface area contributed by atoms with Crippen LogP contribution in [0.4, 0.5) is 10.5 Å². The Hall–Kier alpha value is -2.51. The normalized spacial score (nSPS) is 13.9. The van der Waals surface area contributed by atoms with Crippen molar-refractivity contribution in [2.45, 2.75) is 13.5 Å². The van der Waals surface area contributed by atoms with Gasteiger partial charge in [-0.3, -0.25) is 4.79 Å². The number of benzene rings is 1. The van der Waals surface area contributed by atoms with Crippen LogP contribution >= 0.6 is 12.4 Å². The number of amides is 3. The fourth-order valence-electron chi connectivity index (χ4n) is 2.82. The van der Waals surface area contributed by atoms with Crippen LogP contribution in [-0.4, -0.2) is 47.9 Å². The molecule has 2 heterocycles. The van der Waals surface area contributed by atoms with E-state index in [2.05, 4.69) is 5.32 Å². The van der Waals surface area contributed by atoms with Gasteiger partial charge in [-0.15, -0.1) is 12.4 Å². The zero-order valence-electron chi connectivity index (χ0n) is 14.6. The Kier molecular flexibility index (Phi) is 6.65. The fourth-order valence-corrected chi connectivity index (χ4v) is 2.82. The predicted molar refractivity (Wildman–Crippen MR) is 102 cm³/mol. The molecular formula is C18H23ClN4O3. The van der Waals surface area contributed by atoms with E-state index in [1.54, 1.807) is 15.9 Å². The Morgan fingerprint density at radius 3 is 2.46 bits per heavy atom. The van der Waals surface area contributed by atoms with E-state index in [1.807, 2.05) is 31.2 Å². The summed E-state index contributed by atoms with van der Waals surface area (Å²) >= 11 is 0. The summed E-state index contributed by atoms with van der Waals surface area (Å²) in [4.78, 5) is 28.2. The molecule has 1 aromatic carbocycles. The van der Waals surface area contributed by atoms with Crippen LogP contribution in [0.1, 0.15) is 21.7 Å². The first-order valence-corrected chi connectivity index (χ1v) is 8.26. The van der Waals surface area contributed by atoms with Gasteiger partial charge in [0.2, 0.25) is 0 Å². The van der Waals surface area contributed by atoms with Crippen molar-refractivity contribution in [2.75, 3.05) is 31.5 Å². The molecule has 3 N–H and O–H groups in total. The molecule has 0 unspecified atom stereocenters. The summed E-state index contributed by atoms with van der Waals surface area (Å²) in [6, 6.07) is 9.18. The van der Waals surface area contributed by atoms with Gasteiger partial charge in [-0.2, -0.15) is 0 Å². The molecule has 3 rings (SSSR count). The summed E-state index contributed by atoms with van der Waals surface area (Å²) in [5.74, 6) is 0.488. The number of urea groups is 1. The molecule has 1 aliphatic heterocycles. The van der Waals surface area contributed by atoms with Crippen LogP contribution in [0.5, 0.6) is 0 Å². The zero-order valence-corrected chi connectivity index (χ0v) is 15.4. The Bertz CT molecular complexity index is 769. The van der Waals surface area contributed by atoms with Crippen LogP contribution < -0.4 is 11.1 Å². The highest BCUT2D eigenvalue weighted by molar-refractivity contribution is 5.94. The molecule has 1 saturated heterocycles. The van der Waals surface area contributed by atoms with Gasteiger partial charge in [-0.1, -0.05) is 12.1 Å². The molecule has 2 aromatic rings. The minimum Gasteiger partial charge on any atom is -0.467 e. The number of aryl methyl sites for hydroxylation is 1. The second kappa shape index (κ2) is 8.73. The van der Waals surface area contributed by atoms with E-state index in [1.165, 1.54) is 6.26 Å². The Morgan fingerprint density at radius 1 is 1.15 bits per heavy atom. The summed E-state index contributed by atoms with van der Waals surface area (Å²) in [6.45, 7) is 4.20. The first-order valence-electron chi connectivity index (χ1n) is 8.26. The third-order valence-corrected chi connectivity index (χ3v) is 4.23. The molecule has 0 atom stereocenters. The minimum atomic E-state index is -0.147. The standard InChI is InChI=1S/C18H22N4O3.ClH/c1-13-3-2-4-15(9-13)20-18(24)22-7-5-21(6-8-22)17(23)14-10-16(11-19)25-12-14;/h2-4,9-10,12H,5-8,11,19H2,1H3,(H,20,24);1H. The van der Waals surface area contributed by atoms with Crippen LogP contribution in [-0.2, 0) is 6.54 Å². The van der Waals surface area contributed by atoms with Crippen molar-refractivity contribution in [1.82, 2.24) is 9.80 Å². The van der Waals surface area contributed by atoms with Crippen molar-refractivity contribution in [3.05, 3.63) is 53.5 Å². The molecule has 0 spiro atoms. The smallest absolute Gasteiger partial charge is 0.321 e. The van der Waals surface area contributed by atoms with Gasteiger partial charge >= 0.3 is 6.03 Å². The maximum absolute atomic E-state index is 12.4. The molecule has 7 nitrogen and oxygen atoms in total. The molecule has 140 valence electrons. The largest absolute Gasteiger partial charge is 0.467 e. The summed E-state index contributed by atoms with van der Waals surface area (Å²) in [6.07, 6.45) is 1.43. The minimum absolute atomic E-state index is 0. The number of nitrogens with two attached hydrogens (primary N) is 1. The number of halogens is 1. The lowest BCUT2D eigenvalue weighted by atomic mass is 10.2. The summed E-state index contributed by atoms with van der Waals surface area (Å²) in [7, 11) is 0. The number of anilines is 1. The van der Waals surface area contributed by atoms with Gasteiger partial charge in [0.25, 0.3) is 5.91 Å². The molecule has 0 aliphatic carbocycles. The van der Waals surface area contributed by atoms with Crippen molar-refractivity contribution in [1.29, 1.82) is 0 Å². The summed E-state index contributed by atoms with van der Waals surface area (Å²) in [5.41, 5.74) is 7.86. The topological polar surface area (TPSA) is 91.8 Å². The molecule has 0 radical (unpaired) electrons. The van der Waals surface area contributed by atoms with Crippen molar-refractivity contribution < 1.29 is 14.0 Å². The van der Waals surface area contributed by atoms with Crippen molar-refractivity contribution in [3.8, 4) is 0 Å². The highest BCUT2D eigenvalue weighted by atomic mass is 35.5. The number of furan rings is 1. The molecule has 0 saturated carbocycles. The van der Waals surface area contributed by atoms with Gasteiger partial charge in [-0.05, 0) is 30.7 Å². The first-order chi connectivity index (χ1) is 12.1. The van der Waals surface area contributed by atoms with Crippen molar-refractivity contribution >= 4 is 30.0 Å². The highest BCUT2D eigenvalue weighted by Gasteiger charge is 2.25. The Morgan fingerprint density at radius 2 is 1.85 bits per heavy atom. The van der Waals surface area contributed by atoms with E-state index in [9.17, 15) is 9.59 Å². The Labute approximate surface area is 158 Å². The number of nitrogens with one attached hydrogen (secondary N) is 1. The molecule has 26 heavy (non-hydrogen) atoms. The second-order valence-corrected chi connectivity index (χ2v) is 6.08. The van der Waals surface area contributed by atoms with E-state index >= 15 is 0 Å². The predicted octanol–water partition coefficient (Wildman–Crippen LogP) is 2.46. The Balaban J connectivity index is 0.00000243.